The summed E-state index contributed by atoms with van der Waals surface area (Å²) in [5.74, 6) is -1.62. The van der Waals surface area contributed by atoms with E-state index in [2.05, 4.69) is 5.32 Å². The van der Waals surface area contributed by atoms with Gasteiger partial charge in [-0.3, -0.25) is 14.9 Å². The number of nitrogens with one attached hydrogen (secondary N) is 1. The number of benzene rings is 1. The van der Waals surface area contributed by atoms with Gasteiger partial charge in [-0.25, -0.2) is 4.39 Å². The fourth-order valence-electron chi connectivity index (χ4n) is 1.64. The van der Waals surface area contributed by atoms with Crippen molar-refractivity contribution in [2.24, 2.45) is 0 Å². The highest BCUT2D eigenvalue weighted by atomic mass is 19.1. The smallest absolute Gasteiger partial charge is 0.285 e. The fourth-order valence-corrected chi connectivity index (χ4v) is 1.64. The molecule has 1 aromatic rings. The molecule has 1 atom stereocenters. The van der Waals surface area contributed by atoms with E-state index < -0.39 is 22.3 Å². The SMILES string of the molecule is CCC(COC)NC(=O)c1cc(N)c(F)cc1[N+](=O)[O-]. The first-order valence-electron chi connectivity index (χ1n) is 5.93. The van der Waals surface area contributed by atoms with E-state index in [1.165, 1.54) is 7.11 Å². The van der Waals surface area contributed by atoms with E-state index >= 15 is 0 Å². The zero-order chi connectivity index (χ0) is 15.3. The molecule has 0 spiro atoms. The number of methoxy groups -OCH3 is 1. The number of hydrogen-bond acceptors (Lipinski definition) is 5. The number of carbonyl (C=O) groups is 1. The van der Waals surface area contributed by atoms with Crippen molar-refractivity contribution >= 4 is 17.3 Å². The number of ether oxygens (including phenoxy) is 1. The zero-order valence-corrected chi connectivity index (χ0v) is 11.2. The Balaban J connectivity index is 3.08. The lowest BCUT2D eigenvalue weighted by Gasteiger charge is -2.16. The van der Waals surface area contributed by atoms with Gasteiger partial charge in [0.1, 0.15) is 5.56 Å². The minimum atomic E-state index is -0.933. The predicted molar refractivity (Wildman–Crippen MR) is 70.9 cm³/mol. The summed E-state index contributed by atoms with van der Waals surface area (Å²) in [6.45, 7) is 2.10. The Bertz CT molecular complexity index is 522. The van der Waals surface area contributed by atoms with Crippen LogP contribution in [0, 0.1) is 15.9 Å². The van der Waals surface area contributed by atoms with Gasteiger partial charge in [0.05, 0.1) is 29.3 Å². The van der Waals surface area contributed by atoms with Crippen LogP contribution in [0.3, 0.4) is 0 Å². The van der Waals surface area contributed by atoms with Crippen molar-refractivity contribution in [2.75, 3.05) is 19.5 Å². The van der Waals surface area contributed by atoms with Crippen molar-refractivity contribution < 1.29 is 18.8 Å². The maximum Gasteiger partial charge on any atom is 0.285 e. The molecule has 0 saturated heterocycles. The van der Waals surface area contributed by atoms with Crippen molar-refractivity contribution in [3.63, 3.8) is 0 Å². The van der Waals surface area contributed by atoms with Crippen molar-refractivity contribution in [3.05, 3.63) is 33.6 Å². The van der Waals surface area contributed by atoms with Crippen LogP contribution >= 0.6 is 0 Å². The summed E-state index contributed by atoms with van der Waals surface area (Å²) in [6, 6.07) is 1.31. The normalized spacial score (nSPS) is 11.9. The Morgan fingerprint density at radius 3 is 2.75 bits per heavy atom. The summed E-state index contributed by atoms with van der Waals surface area (Å²) in [4.78, 5) is 22.1. The first-order chi connectivity index (χ1) is 9.40. The average molecular weight is 285 g/mol. The lowest BCUT2D eigenvalue weighted by molar-refractivity contribution is -0.385. The molecule has 0 fully saturated rings. The molecule has 1 rings (SSSR count). The topological polar surface area (TPSA) is 107 Å². The van der Waals surface area contributed by atoms with E-state index in [0.29, 0.717) is 12.5 Å². The van der Waals surface area contributed by atoms with Gasteiger partial charge in [-0.2, -0.15) is 0 Å². The van der Waals surface area contributed by atoms with Gasteiger partial charge in [0.2, 0.25) is 0 Å². The molecule has 0 aliphatic carbocycles. The third-order valence-electron chi connectivity index (χ3n) is 2.75. The number of nitro groups is 1. The van der Waals surface area contributed by atoms with Crippen molar-refractivity contribution in [2.45, 2.75) is 19.4 Å². The molecule has 20 heavy (non-hydrogen) atoms. The Morgan fingerprint density at radius 2 is 2.25 bits per heavy atom. The predicted octanol–water partition coefficient (Wildman–Crippen LogP) is 1.47. The zero-order valence-electron chi connectivity index (χ0n) is 11.2. The minimum Gasteiger partial charge on any atom is -0.396 e. The molecule has 0 bridgehead atoms. The van der Waals surface area contributed by atoms with Gasteiger partial charge in [0.25, 0.3) is 11.6 Å². The van der Waals surface area contributed by atoms with Gasteiger partial charge in [-0.05, 0) is 12.5 Å². The Labute approximate surface area is 115 Å². The van der Waals surface area contributed by atoms with Crippen molar-refractivity contribution in [3.8, 4) is 0 Å². The highest BCUT2D eigenvalue weighted by molar-refractivity contribution is 5.99. The number of hydrogen-bond donors (Lipinski definition) is 2. The first kappa shape index (κ1) is 15.8. The molecule has 8 heteroatoms. The summed E-state index contributed by atoms with van der Waals surface area (Å²) in [5, 5.41) is 13.4. The highest BCUT2D eigenvalue weighted by Gasteiger charge is 2.24. The summed E-state index contributed by atoms with van der Waals surface area (Å²) >= 11 is 0. The van der Waals surface area contributed by atoms with Crippen LogP contribution in [0.5, 0.6) is 0 Å². The lowest BCUT2D eigenvalue weighted by Crippen LogP contribution is -2.37. The maximum atomic E-state index is 13.3. The van der Waals surface area contributed by atoms with Gasteiger partial charge in [-0.15, -0.1) is 0 Å². The summed E-state index contributed by atoms with van der Waals surface area (Å²) < 4.78 is 18.2. The van der Waals surface area contributed by atoms with Gasteiger partial charge < -0.3 is 15.8 Å². The third kappa shape index (κ3) is 3.64. The largest absolute Gasteiger partial charge is 0.396 e. The van der Waals surface area contributed by atoms with Crippen LogP contribution in [-0.2, 0) is 4.74 Å². The van der Waals surface area contributed by atoms with E-state index in [4.69, 9.17) is 10.5 Å². The molecule has 7 nitrogen and oxygen atoms in total. The number of nitrogens with zero attached hydrogens (tertiary/aromatic N) is 1. The first-order valence-corrected chi connectivity index (χ1v) is 5.93. The van der Waals surface area contributed by atoms with Crippen LogP contribution < -0.4 is 11.1 Å². The molecule has 110 valence electrons. The Hall–Kier alpha value is -2.22. The summed E-state index contributed by atoms with van der Waals surface area (Å²) in [5.41, 5.74) is 4.13. The molecule has 0 radical (unpaired) electrons. The Kier molecular flexibility index (Phi) is 5.39. The molecule has 3 N–H and O–H groups in total. The van der Waals surface area contributed by atoms with Gasteiger partial charge in [-0.1, -0.05) is 6.92 Å². The monoisotopic (exact) mass is 285 g/mol. The van der Waals surface area contributed by atoms with E-state index in [1.54, 1.807) is 0 Å². The number of nitro benzene ring substituents is 1. The third-order valence-corrected chi connectivity index (χ3v) is 2.75. The second-order valence-electron chi connectivity index (χ2n) is 4.18. The number of carbonyl (C=O) groups excluding carboxylic acids is 1. The van der Waals surface area contributed by atoms with E-state index in [1.807, 2.05) is 6.92 Å². The summed E-state index contributed by atoms with van der Waals surface area (Å²) in [6.07, 6.45) is 0.587. The van der Waals surface area contributed by atoms with Gasteiger partial charge in [0, 0.05) is 7.11 Å². The molecule has 0 aromatic heterocycles. The van der Waals surface area contributed by atoms with Gasteiger partial charge in [0.15, 0.2) is 5.82 Å². The standard InChI is InChI=1S/C12H16FN3O4/c1-3-7(6-20-2)15-12(17)8-4-10(14)9(13)5-11(8)16(18)19/h4-5,7H,3,6,14H2,1-2H3,(H,15,17). The number of halogens is 1. The molecule has 1 unspecified atom stereocenters. The number of nitrogen functional groups attached to an aromatic ring is 1. The van der Waals surface area contributed by atoms with E-state index in [0.717, 1.165) is 6.07 Å². The number of nitrogens with two attached hydrogens (primary N) is 1. The van der Waals surface area contributed by atoms with E-state index in [9.17, 15) is 19.3 Å². The second kappa shape index (κ2) is 6.80. The van der Waals surface area contributed by atoms with Gasteiger partial charge >= 0.3 is 0 Å². The number of rotatable bonds is 6. The quantitative estimate of drug-likeness (QED) is 0.467. The molecule has 0 saturated carbocycles. The second-order valence-corrected chi connectivity index (χ2v) is 4.18. The van der Waals surface area contributed by atoms with Crippen molar-refractivity contribution in [1.29, 1.82) is 0 Å². The van der Waals surface area contributed by atoms with Crippen molar-refractivity contribution in [1.82, 2.24) is 5.32 Å². The van der Waals surface area contributed by atoms with E-state index in [-0.39, 0.29) is 23.9 Å². The fraction of sp³-hybridized carbons (Fsp3) is 0.417. The maximum absolute atomic E-state index is 13.3. The molecule has 1 amide bonds. The summed E-state index contributed by atoms with van der Waals surface area (Å²) in [7, 11) is 1.48. The molecule has 0 heterocycles. The number of anilines is 1. The van der Waals surface area contributed by atoms with Crippen LogP contribution in [0.25, 0.3) is 0 Å². The van der Waals surface area contributed by atoms with Crippen LogP contribution in [0.15, 0.2) is 12.1 Å². The average Bonchev–Trinajstić information content (AvgIpc) is 2.40. The highest BCUT2D eigenvalue weighted by Crippen LogP contribution is 2.24. The van der Waals surface area contributed by atoms with Crippen LogP contribution in [0.1, 0.15) is 23.7 Å². The minimum absolute atomic E-state index is 0.271. The number of amides is 1. The van der Waals surface area contributed by atoms with Crippen LogP contribution in [0.4, 0.5) is 15.8 Å². The molecular weight excluding hydrogens is 269 g/mol. The van der Waals surface area contributed by atoms with Crippen LogP contribution in [-0.4, -0.2) is 30.6 Å². The molecule has 1 aromatic carbocycles. The van der Waals surface area contributed by atoms with Crippen LogP contribution in [0.2, 0.25) is 0 Å². The Morgan fingerprint density at radius 1 is 1.60 bits per heavy atom. The molecular formula is C12H16FN3O4. The lowest BCUT2D eigenvalue weighted by atomic mass is 10.1. The molecule has 0 aliphatic rings. The molecule has 0 aliphatic heterocycles.